The number of rotatable bonds is 3. The van der Waals surface area contributed by atoms with Crippen molar-refractivity contribution < 1.29 is 9.90 Å². The van der Waals surface area contributed by atoms with Crippen molar-refractivity contribution in [1.29, 1.82) is 0 Å². The lowest BCUT2D eigenvalue weighted by molar-refractivity contribution is -0.137. The summed E-state index contributed by atoms with van der Waals surface area (Å²) in [5.41, 5.74) is 0.331. The number of carbonyl (C=O) groups is 1. The highest BCUT2D eigenvalue weighted by atomic mass is 35.5. The van der Waals surface area contributed by atoms with Gasteiger partial charge in [-0.05, 0) is 13.2 Å². The third-order valence-electron chi connectivity index (χ3n) is 1.60. The summed E-state index contributed by atoms with van der Waals surface area (Å²) in [6.07, 6.45) is 3.21. The predicted octanol–water partition coefficient (Wildman–Crippen LogP) is 1.85. The summed E-state index contributed by atoms with van der Waals surface area (Å²) in [5.74, 6) is -1.98. The molecule has 1 atom stereocenters. The number of aromatic nitrogens is 2. The van der Waals surface area contributed by atoms with E-state index in [1.807, 2.05) is 6.26 Å². The third kappa shape index (κ3) is 2.36. The molecular formula is C8H8ClN2O2S. The second-order valence-corrected chi connectivity index (χ2v) is 3.63. The highest BCUT2D eigenvalue weighted by Crippen LogP contribution is 2.23. The fourth-order valence-corrected chi connectivity index (χ4v) is 1.47. The van der Waals surface area contributed by atoms with Gasteiger partial charge in [0.25, 0.3) is 0 Å². The molecule has 1 unspecified atom stereocenters. The SMILES string of the molecule is [CH2]C(C(=O)O)c1cnc(SC)nc1Cl. The van der Waals surface area contributed by atoms with Crippen molar-refractivity contribution in [2.75, 3.05) is 6.26 Å². The molecule has 0 fully saturated rings. The Bertz CT molecular complexity index is 359. The van der Waals surface area contributed by atoms with Crippen LogP contribution in [0, 0.1) is 6.92 Å². The zero-order valence-electron chi connectivity index (χ0n) is 7.40. The van der Waals surface area contributed by atoms with E-state index in [1.165, 1.54) is 18.0 Å². The average molecular weight is 232 g/mol. The van der Waals surface area contributed by atoms with Crippen LogP contribution in [0.25, 0.3) is 0 Å². The van der Waals surface area contributed by atoms with E-state index in [0.29, 0.717) is 10.7 Å². The minimum absolute atomic E-state index is 0.145. The molecule has 0 aromatic carbocycles. The molecule has 0 amide bonds. The average Bonchev–Trinajstić information content (AvgIpc) is 2.16. The first-order valence-electron chi connectivity index (χ1n) is 3.68. The number of hydrogen-bond donors (Lipinski definition) is 1. The van der Waals surface area contributed by atoms with Gasteiger partial charge in [0.15, 0.2) is 5.16 Å². The number of hydrogen-bond acceptors (Lipinski definition) is 4. The normalized spacial score (nSPS) is 12.5. The molecule has 0 saturated carbocycles. The zero-order chi connectivity index (χ0) is 10.7. The van der Waals surface area contributed by atoms with Gasteiger partial charge in [-0.2, -0.15) is 0 Å². The minimum Gasteiger partial charge on any atom is -0.481 e. The number of nitrogens with zero attached hydrogens (tertiary/aromatic N) is 2. The van der Waals surface area contributed by atoms with Gasteiger partial charge in [0.05, 0.1) is 5.92 Å². The second-order valence-electron chi connectivity index (χ2n) is 2.49. The van der Waals surface area contributed by atoms with Crippen LogP contribution < -0.4 is 0 Å². The van der Waals surface area contributed by atoms with Crippen LogP contribution in [0.3, 0.4) is 0 Å². The molecule has 0 aliphatic rings. The minimum atomic E-state index is -1.05. The Morgan fingerprint density at radius 1 is 1.79 bits per heavy atom. The first-order chi connectivity index (χ1) is 6.56. The van der Waals surface area contributed by atoms with E-state index in [1.54, 1.807) is 0 Å². The first-order valence-corrected chi connectivity index (χ1v) is 5.29. The van der Waals surface area contributed by atoms with Gasteiger partial charge in [-0.25, -0.2) is 9.97 Å². The summed E-state index contributed by atoms with van der Waals surface area (Å²) in [4.78, 5) is 18.5. The molecule has 1 rings (SSSR count). The Morgan fingerprint density at radius 3 is 2.86 bits per heavy atom. The van der Waals surface area contributed by atoms with Gasteiger partial charge in [0.1, 0.15) is 5.15 Å². The molecule has 0 saturated heterocycles. The number of thioether (sulfide) groups is 1. The second kappa shape index (κ2) is 4.61. The maximum atomic E-state index is 10.6. The van der Waals surface area contributed by atoms with Crippen molar-refractivity contribution in [3.63, 3.8) is 0 Å². The van der Waals surface area contributed by atoms with Gasteiger partial charge in [-0.3, -0.25) is 4.79 Å². The fourth-order valence-electron chi connectivity index (χ4n) is 0.821. The van der Waals surface area contributed by atoms with Crippen LogP contribution in [0.1, 0.15) is 11.5 Å². The number of carboxylic acids is 1. The first kappa shape index (κ1) is 11.3. The van der Waals surface area contributed by atoms with Crippen molar-refractivity contribution >= 4 is 29.3 Å². The van der Waals surface area contributed by atoms with E-state index in [0.717, 1.165) is 0 Å². The van der Waals surface area contributed by atoms with E-state index in [9.17, 15) is 4.79 Å². The zero-order valence-corrected chi connectivity index (χ0v) is 8.97. The maximum Gasteiger partial charge on any atom is 0.311 e. The Balaban J connectivity index is 3.05. The molecular weight excluding hydrogens is 224 g/mol. The van der Waals surface area contributed by atoms with Crippen molar-refractivity contribution in [3.8, 4) is 0 Å². The molecule has 1 aromatic rings. The van der Waals surface area contributed by atoms with Gasteiger partial charge >= 0.3 is 5.97 Å². The van der Waals surface area contributed by atoms with Crippen LogP contribution in [-0.2, 0) is 4.79 Å². The van der Waals surface area contributed by atoms with Crippen LogP contribution in [0.15, 0.2) is 11.4 Å². The van der Waals surface area contributed by atoms with Crippen molar-refractivity contribution in [2.45, 2.75) is 11.1 Å². The summed E-state index contributed by atoms with van der Waals surface area (Å²) in [6, 6.07) is 0. The molecule has 6 heteroatoms. The molecule has 0 aliphatic heterocycles. The quantitative estimate of drug-likeness (QED) is 0.489. The van der Waals surface area contributed by atoms with Crippen LogP contribution in [-0.4, -0.2) is 27.3 Å². The number of aliphatic carboxylic acids is 1. The molecule has 14 heavy (non-hydrogen) atoms. The molecule has 1 radical (unpaired) electrons. The summed E-state index contributed by atoms with van der Waals surface area (Å²) >= 11 is 7.12. The van der Waals surface area contributed by atoms with Gasteiger partial charge in [0, 0.05) is 11.8 Å². The highest BCUT2D eigenvalue weighted by Gasteiger charge is 2.18. The van der Waals surface area contributed by atoms with Crippen molar-refractivity contribution in [3.05, 3.63) is 23.8 Å². The molecule has 0 aliphatic carbocycles. The van der Waals surface area contributed by atoms with Gasteiger partial charge in [0.2, 0.25) is 0 Å². The Hall–Kier alpha value is -0.810. The van der Waals surface area contributed by atoms with E-state index in [4.69, 9.17) is 16.7 Å². The summed E-state index contributed by atoms with van der Waals surface area (Å²) < 4.78 is 0. The van der Waals surface area contributed by atoms with Crippen LogP contribution in [0.5, 0.6) is 0 Å². The van der Waals surface area contributed by atoms with E-state index >= 15 is 0 Å². The highest BCUT2D eigenvalue weighted by molar-refractivity contribution is 7.98. The van der Waals surface area contributed by atoms with Crippen LogP contribution in [0.4, 0.5) is 0 Å². The fraction of sp³-hybridized carbons (Fsp3) is 0.250. The molecule has 75 valence electrons. The Kier molecular flexibility index (Phi) is 3.71. The van der Waals surface area contributed by atoms with Gasteiger partial charge in [-0.1, -0.05) is 23.4 Å². The third-order valence-corrected chi connectivity index (χ3v) is 2.47. The topological polar surface area (TPSA) is 63.1 Å². The van der Waals surface area contributed by atoms with E-state index in [2.05, 4.69) is 16.9 Å². The number of carboxylic acid groups (broad SMARTS) is 1. The maximum absolute atomic E-state index is 10.6. The molecule has 0 spiro atoms. The monoisotopic (exact) mass is 231 g/mol. The smallest absolute Gasteiger partial charge is 0.311 e. The van der Waals surface area contributed by atoms with Crippen LogP contribution >= 0.6 is 23.4 Å². The molecule has 4 nitrogen and oxygen atoms in total. The van der Waals surface area contributed by atoms with Crippen molar-refractivity contribution in [2.24, 2.45) is 0 Å². The lowest BCUT2D eigenvalue weighted by Gasteiger charge is -2.07. The largest absolute Gasteiger partial charge is 0.481 e. The van der Waals surface area contributed by atoms with Crippen molar-refractivity contribution in [1.82, 2.24) is 9.97 Å². The standard InChI is InChI=1S/C8H8ClN2O2S/c1-4(7(12)13)5-3-10-8(14-2)11-6(5)9/h3-4H,1H2,2H3,(H,12,13). The van der Waals surface area contributed by atoms with Crippen LogP contribution in [0.2, 0.25) is 5.15 Å². The van der Waals surface area contributed by atoms with Gasteiger partial charge < -0.3 is 5.11 Å². The van der Waals surface area contributed by atoms with E-state index in [-0.39, 0.29) is 5.15 Å². The molecule has 1 N–H and O–H groups in total. The lowest BCUT2D eigenvalue weighted by Crippen LogP contribution is -2.09. The molecule has 1 aromatic heterocycles. The Morgan fingerprint density at radius 2 is 2.43 bits per heavy atom. The summed E-state index contributed by atoms with van der Waals surface area (Å²) in [5, 5.41) is 9.36. The molecule has 0 bridgehead atoms. The predicted molar refractivity (Wildman–Crippen MR) is 54.6 cm³/mol. The molecule has 1 heterocycles. The lowest BCUT2D eigenvalue weighted by atomic mass is 10.1. The van der Waals surface area contributed by atoms with E-state index < -0.39 is 11.9 Å². The summed E-state index contributed by atoms with van der Waals surface area (Å²) in [6.45, 7) is 3.45. The summed E-state index contributed by atoms with van der Waals surface area (Å²) in [7, 11) is 0. The van der Waals surface area contributed by atoms with Gasteiger partial charge in [-0.15, -0.1) is 0 Å². The number of halogens is 1. The Labute approximate surface area is 90.7 Å².